The van der Waals surface area contributed by atoms with Crippen molar-refractivity contribution < 1.29 is 4.74 Å². The van der Waals surface area contributed by atoms with Crippen LogP contribution in [0.2, 0.25) is 0 Å². The van der Waals surface area contributed by atoms with E-state index in [9.17, 15) is 0 Å². The second-order valence-electron chi connectivity index (χ2n) is 3.29. The third kappa shape index (κ3) is 1.22. The van der Waals surface area contributed by atoms with Crippen molar-refractivity contribution in [2.75, 3.05) is 0 Å². The number of allylic oxidation sites excluding steroid dienone is 6. The Morgan fingerprint density at radius 1 is 1.17 bits per heavy atom. The summed E-state index contributed by atoms with van der Waals surface area (Å²) in [6.45, 7) is 4.25. The normalized spacial score (nSPS) is 21.2. The fourth-order valence-corrected chi connectivity index (χ4v) is 1.44. The zero-order valence-electron chi connectivity index (χ0n) is 7.42. The number of rotatable bonds is 0. The molecule has 0 aromatic rings. The summed E-state index contributed by atoms with van der Waals surface area (Å²) in [6.07, 6.45) is 9.05. The van der Waals surface area contributed by atoms with Gasteiger partial charge in [-0.25, -0.2) is 0 Å². The lowest BCUT2D eigenvalue weighted by atomic mass is 10.1. The van der Waals surface area contributed by atoms with Crippen molar-refractivity contribution in [1.82, 2.24) is 0 Å². The third-order valence-electron chi connectivity index (χ3n) is 2.28. The standard InChI is InChI=1S/C11H12O/c1-8-5-10-3-4-12-11(7-10)6-9(8)2/h3-6H,7H2,1-2H3. The zero-order valence-corrected chi connectivity index (χ0v) is 7.42. The maximum atomic E-state index is 5.35. The first-order valence-corrected chi connectivity index (χ1v) is 4.17. The summed E-state index contributed by atoms with van der Waals surface area (Å²) in [5.74, 6) is 1.05. The number of hydrogen-bond donors (Lipinski definition) is 0. The first-order valence-electron chi connectivity index (χ1n) is 4.17. The predicted octanol–water partition coefficient (Wildman–Crippen LogP) is 3.08. The molecule has 1 aliphatic heterocycles. The van der Waals surface area contributed by atoms with E-state index in [1.165, 1.54) is 16.7 Å². The van der Waals surface area contributed by atoms with E-state index >= 15 is 0 Å². The molecule has 1 aliphatic carbocycles. The molecular weight excluding hydrogens is 148 g/mol. The van der Waals surface area contributed by atoms with Gasteiger partial charge in [0.1, 0.15) is 5.76 Å². The van der Waals surface area contributed by atoms with Crippen LogP contribution >= 0.6 is 0 Å². The Kier molecular flexibility index (Phi) is 1.65. The van der Waals surface area contributed by atoms with Gasteiger partial charge in [0.25, 0.3) is 0 Å². The molecule has 1 heteroatoms. The molecule has 0 atom stereocenters. The molecule has 0 saturated carbocycles. The SMILES string of the molecule is CC1=C(C)C=C2CC(=C1)C=CO2. The predicted molar refractivity (Wildman–Crippen MR) is 49.4 cm³/mol. The summed E-state index contributed by atoms with van der Waals surface area (Å²) in [6, 6.07) is 0. The maximum absolute atomic E-state index is 5.35. The van der Waals surface area contributed by atoms with Gasteiger partial charge < -0.3 is 4.74 Å². The van der Waals surface area contributed by atoms with E-state index in [1.54, 1.807) is 6.26 Å². The van der Waals surface area contributed by atoms with E-state index in [0.29, 0.717) is 0 Å². The Balaban J connectivity index is 2.52. The van der Waals surface area contributed by atoms with Crippen LogP contribution in [0.15, 0.2) is 47.0 Å². The van der Waals surface area contributed by atoms with Crippen molar-refractivity contribution in [2.24, 2.45) is 0 Å². The first-order chi connectivity index (χ1) is 5.75. The van der Waals surface area contributed by atoms with E-state index < -0.39 is 0 Å². The fraction of sp³-hybridized carbons (Fsp3) is 0.273. The van der Waals surface area contributed by atoms with Crippen LogP contribution < -0.4 is 0 Å². The van der Waals surface area contributed by atoms with Crippen LogP contribution in [-0.4, -0.2) is 0 Å². The van der Waals surface area contributed by atoms with Crippen molar-refractivity contribution in [3.8, 4) is 0 Å². The molecule has 0 amide bonds. The van der Waals surface area contributed by atoms with Gasteiger partial charge in [-0.3, -0.25) is 0 Å². The van der Waals surface area contributed by atoms with Crippen molar-refractivity contribution in [1.29, 1.82) is 0 Å². The quantitative estimate of drug-likeness (QED) is 0.529. The second kappa shape index (κ2) is 2.67. The molecule has 2 aliphatic rings. The highest BCUT2D eigenvalue weighted by Crippen LogP contribution is 2.26. The Labute approximate surface area is 72.7 Å². The second-order valence-corrected chi connectivity index (χ2v) is 3.29. The molecule has 2 rings (SSSR count). The Morgan fingerprint density at radius 3 is 2.75 bits per heavy atom. The lowest BCUT2D eigenvalue weighted by Crippen LogP contribution is -1.93. The van der Waals surface area contributed by atoms with Crippen molar-refractivity contribution >= 4 is 0 Å². The minimum absolute atomic E-state index is 0.936. The monoisotopic (exact) mass is 160 g/mol. The van der Waals surface area contributed by atoms with E-state index in [0.717, 1.165) is 12.2 Å². The maximum Gasteiger partial charge on any atom is 0.108 e. The third-order valence-corrected chi connectivity index (χ3v) is 2.28. The van der Waals surface area contributed by atoms with Crippen LogP contribution in [0.5, 0.6) is 0 Å². The van der Waals surface area contributed by atoms with E-state index in [2.05, 4.69) is 26.0 Å². The van der Waals surface area contributed by atoms with E-state index in [4.69, 9.17) is 4.74 Å². The molecule has 0 N–H and O–H groups in total. The van der Waals surface area contributed by atoms with Crippen LogP contribution in [-0.2, 0) is 4.74 Å². The number of ether oxygens (including phenoxy) is 1. The van der Waals surface area contributed by atoms with E-state index in [1.807, 2.05) is 6.08 Å². The van der Waals surface area contributed by atoms with Gasteiger partial charge in [-0.05, 0) is 42.7 Å². The highest BCUT2D eigenvalue weighted by molar-refractivity contribution is 5.42. The number of fused-ring (bicyclic) bond motifs is 2. The van der Waals surface area contributed by atoms with Gasteiger partial charge >= 0.3 is 0 Å². The summed E-state index contributed by atoms with van der Waals surface area (Å²) in [5, 5.41) is 0. The highest BCUT2D eigenvalue weighted by atomic mass is 16.5. The molecule has 1 heterocycles. The summed E-state index contributed by atoms with van der Waals surface area (Å²) in [4.78, 5) is 0. The van der Waals surface area contributed by atoms with Crippen LogP contribution in [0, 0.1) is 0 Å². The van der Waals surface area contributed by atoms with Gasteiger partial charge in [0.05, 0.1) is 6.26 Å². The minimum Gasteiger partial charge on any atom is -0.469 e. The largest absolute Gasteiger partial charge is 0.469 e. The lowest BCUT2D eigenvalue weighted by molar-refractivity contribution is 0.332. The van der Waals surface area contributed by atoms with Crippen molar-refractivity contribution in [3.63, 3.8) is 0 Å². The molecule has 0 saturated heterocycles. The smallest absolute Gasteiger partial charge is 0.108 e. The summed E-state index contributed by atoms with van der Waals surface area (Å²) in [7, 11) is 0. The molecule has 62 valence electrons. The van der Waals surface area contributed by atoms with Gasteiger partial charge in [0.2, 0.25) is 0 Å². The van der Waals surface area contributed by atoms with Crippen LogP contribution in [0.1, 0.15) is 20.3 Å². The van der Waals surface area contributed by atoms with Crippen LogP contribution in [0.25, 0.3) is 0 Å². The van der Waals surface area contributed by atoms with E-state index in [-0.39, 0.29) is 0 Å². The summed E-state index contributed by atoms with van der Waals surface area (Å²) >= 11 is 0. The van der Waals surface area contributed by atoms with Crippen molar-refractivity contribution in [2.45, 2.75) is 20.3 Å². The molecule has 0 radical (unpaired) electrons. The number of hydrogen-bond acceptors (Lipinski definition) is 1. The summed E-state index contributed by atoms with van der Waals surface area (Å²) < 4.78 is 5.35. The van der Waals surface area contributed by atoms with Gasteiger partial charge in [-0.1, -0.05) is 6.08 Å². The molecule has 0 unspecified atom stereocenters. The van der Waals surface area contributed by atoms with Crippen molar-refractivity contribution in [3.05, 3.63) is 47.0 Å². The molecule has 12 heavy (non-hydrogen) atoms. The molecule has 0 aromatic carbocycles. The first kappa shape index (κ1) is 7.41. The van der Waals surface area contributed by atoms with Gasteiger partial charge in [-0.15, -0.1) is 0 Å². The Bertz CT molecular complexity index is 327. The highest BCUT2D eigenvalue weighted by Gasteiger charge is 2.10. The van der Waals surface area contributed by atoms with Crippen LogP contribution in [0.3, 0.4) is 0 Å². The average Bonchev–Trinajstić information content (AvgIpc) is 2.11. The lowest BCUT2D eigenvalue weighted by Gasteiger charge is -2.10. The fourth-order valence-electron chi connectivity index (χ4n) is 1.44. The minimum atomic E-state index is 0.936. The molecule has 0 spiro atoms. The Morgan fingerprint density at radius 2 is 1.92 bits per heavy atom. The average molecular weight is 160 g/mol. The molecule has 2 bridgehead atoms. The van der Waals surface area contributed by atoms with Crippen LogP contribution in [0.4, 0.5) is 0 Å². The molecule has 0 aromatic heterocycles. The zero-order chi connectivity index (χ0) is 8.55. The molecular formula is C11H12O. The van der Waals surface area contributed by atoms with Gasteiger partial charge in [-0.2, -0.15) is 0 Å². The van der Waals surface area contributed by atoms with Gasteiger partial charge in [0, 0.05) is 6.42 Å². The molecule has 0 fully saturated rings. The summed E-state index contributed by atoms with van der Waals surface area (Å²) in [5.41, 5.74) is 3.96. The Hall–Kier alpha value is -1.24. The topological polar surface area (TPSA) is 9.23 Å². The van der Waals surface area contributed by atoms with Gasteiger partial charge in [0.15, 0.2) is 0 Å². The molecule has 1 nitrogen and oxygen atoms in total.